The number of rotatable bonds is 0. The molecule has 98 valence electrons. The summed E-state index contributed by atoms with van der Waals surface area (Å²) in [6.07, 6.45) is 1.90. The average molecular weight is 296 g/mol. The van der Waals surface area contributed by atoms with Crippen molar-refractivity contribution in [3.05, 3.63) is 59.7 Å². The predicted octanol–water partition coefficient (Wildman–Crippen LogP) is 4.94. The molecule has 4 rings (SSSR count). The first kappa shape index (κ1) is 12.2. The Hall–Kier alpha value is -1.52. The zero-order valence-corrected chi connectivity index (χ0v) is 12.4. The van der Waals surface area contributed by atoms with Gasteiger partial charge in [-0.15, -0.1) is 0 Å². The Bertz CT molecular complexity index is 671. The summed E-state index contributed by atoms with van der Waals surface area (Å²) in [6.45, 7) is 0. The Labute approximate surface area is 125 Å². The summed E-state index contributed by atoms with van der Waals surface area (Å²) in [5.74, 6) is 0. The molecule has 2 aromatic carbocycles. The molecule has 2 aliphatic heterocycles. The van der Waals surface area contributed by atoms with Crippen molar-refractivity contribution in [2.24, 2.45) is 9.98 Å². The minimum atomic E-state index is 0.952. The molecule has 0 saturated carbocycles. The molecule has 0 aromatic heterocycles. The Morgan fingerprint density at radius 3 is 1.55 bits per heavy atom. The van der Waals surface area contributed by atoms with Gasteiger partial charge in [-0.05, 0) is 44.8 Å². The Morgan fingerprint density at radius 1 is 0.650 bits per heavy atom. The molecular weight excluding hydrogens is 284 g/mol. The van der Waals surface area contributed by atoms with E-state index in [9.17, 15) is 0 Å². The Morgan fingerprint density at radius 2 is 1.10 bits per heavy atom. The number of aliphatic imine (C=N–C) groups is 2. The van der Waals surface area contributed by atoms with Crippen molar-refractivity contribution in [1.82, 2.24) is 0 Å². The van der Waals surface area contributed by atoms with Gasteiger partial charge < -0.3 is 0 Å². The lowest BCUT2D eigenvalue weighted by molar-refractivity contribution is 1.41. The van der Waals surface area contributed by atoms with Crippen LogP contribution in [0.4, 0.5) is 11.4 Å². The minimum absolute atomic E-state index is 0.952. The van der Waals surface area contributed by atoms with Gasteiger partial charge in [-0.25, -0.2) is 9.98 Å². The van der Waals surface area contributed by atoms with E-state index >= 15 is 0 Å². The Balaban J connectivity index is 1.42. The van der Waals surface area contributed by atoms with E-state index in [1.54, 1.807) is 21.6 Å². The maximum Gasteiger partial charge on any atom is 0.0893 e. The molecule has 0 saturated heterocycles. The number of hydrogen-bond donors (Lipinski definition) is 0. The van der Waals surface area contributed by atoms with Gasteiger partial charge in [-0.3, -0.25) is 0 Å². The second kappa shape index (κ2) is 5.11. The summed E-state index contributed by atoms with van der Waals surface area (Å²) in [6, 6.07) is 16.7. The van der Waals surface area contributed by atoms with Crippen LogP contribution in [0.1, 0.15) is 11.1 Å². The van der Waals surface area contributed by atoms with Gasteiger partial charge in [0.25, 0.3) is 0 Å². The molecule has 4 heteroatoms. The van der Waals surface area contributed by atoms with E-state index in [1.807, 2.05) is 12.1 Å². The maximum absolute atomic E-state index is 4.67. The Kier molecular flexibility index (Phi) is 3.13. The van der Waals surface area contributed by atoms with E-state index < -0.39 is 0 Å². The molecule has 0 fully saturated rings. The van der Waals surface area contributed by atoms with E-state index in [0.717, 1.165) is 24.2 Å². The zero-order chi connectivity index (χ0) is 13.4. The van der Waals surface area contributed by atoms with Crippen LogP contribution in [-0.4, -0.2) is 10.1 Å². The lowest BCUT2D eigenvalue weighted by Crippen LogP contribution is -1.93. The molecule has 2 heterocycles. The third-order valence-electron chi connectivity index (χ3n) is 3.39. The van der Waals surface area contributed by atoms with Crippen molar-refractivity contribution in [1.29, 1.82) is 0 Å². The van der Waals surface area contributed by atoms with Crippen LogP contribution in [0.2, 0.25) is 0 Å². The third-order valence-corrected chi connectivity index (χ3v) is 5.73. The minimum Gasteiger partial charge on any atom is -0.245 e. The molecule has 0 amide bonds. The highest BCUT2D eigenvalue weighted by molar-refractivity contribution is 8.87. The summed E-state index contributed by atoms with van der Waals surface area (Å²) in [7, 11) is 3.49. The van der Waals surface area contributed by atoms with Gasteiger partial charge in [0.05, 0.1) is 21.5 Å². The molecule has 2 aromatic rings. The number of nitrogens with zero attached hydrogens (tertiary/aromatic N) is 2. The van der Waals surface area contributed by atoms with Gasteiger partial charge in [0.1, 0.15) is 0 Å². The van der Waals surface area contributed by atoms with Gasteiger partial charge in [0, 0.05) is 12.8 Å². The van der Waals surface area contributed by atoms with Gasteiger partial charge in [0.2, 0.25) is 0 Å². The highest BCUT2D eigenvalue weighted by Gasteiger charge is 2.18. The first-order chi connectivity index (χ1) is 9.88. The summed E-state index contributed by atoms with van der Waals surface area (Å²) in [5.41, 5.74) is 4.89. The van der Waals surface area contributed by atoms with Gasteiger partial charge >= 0.3 is 0 Å². The SMILES string of the molecule is c1ccc2c(c1)CC(SSC1=Nc3ccccc3C1)=N2. The smallest absolute Gasteiger partial charge is 0.0893 e. The van der Waals surface area contributed by atoms with Gasteiger partial charge in [-0.2, -0.15) is 0 Å². The zero-order valence-electron chi connectivity index (χ0n) is 10.7. The normalized spacial score (nSPS) is 15.6. The van der Waals surface area contributed by atoms with Crippen LogP contribution in [-0.2, 0) is 12.8 Å². The van der Waals surface area contributed by atoms with Gasteiger partial charge in [-0.1, -0.05) is 36.4 Å². The van der Waals surface area contributed by atoms with Crippen molar-refractivity contribution in [3.8, 4) is 0 Å². The van der Waals surface area contributed by atoms with Crippen LogP contribution in [0.25, 0.3) is 0 Å². The van der Waals surface area contributed by atoms with E-state index in [2.05, 4.69) is 46.4 Å². The molecule has 0 radical (unpaired) electrons. The largest absolute Gasteiger partial charge is 0.245 e. The molecule has 0 atom stereocenters. The van der Waals surface area contributed by atoms with E-state index in [-0.39, 0.29) is 0 Å². The second-order valence-electron chi connectivity index (χ2n) is 4.79. The summed E-state index contributed by atoms with van der Waals surface area (Å²) >= 11 is 0. The van der Waals surface area contributed by atoms with Crippen LogP contribution in [0.3, 0.4) is 0 Å². The maximum atomic E-state index is 4.67. The molecule has 20 heavy (non-hydrogen) atoms. The molecule has 0 N–H and O–H groups in total. The third kappa shape index (κ3) is 2.30. The molecular formula is C16H12N2S2. The number of benzene rings is 2. The van der Waals surface area contributed by atoms with Crippen LogP contribution in [0.15, 0.2) is 58.5 Å². The molecule has 0 aliphatic carbocycles. The van der Waals surface area contributed by atoms with E-state index in [1.165, 1.54) is 21.2 Å². The van der Waals surface area contributed by atoms with Crippen LogP contribution < -0.4 is 0 Å². The molecule has 0 bridgehead atoms. The fourth-order valence-electron chi connectivity index (χ4n) is 2.40. The van der Waals surface area contributed by atoms with Crippen molar-refractivity contribution >= 4 is 43.1 Å². The second-order valence-corrected chi connectivity index (χ2v) is 7.06. The molecule has 2 aliphatic rings. The highest BCUT2D eigenvalue weighted by Crippen LogP contribution is 2.39. The monoisotopic (exact) mass is 296 g/mol. The summed E-state index contributed by atoms with van der Waals surface area (Å²) < 4.78 is 0. The topological polar surface area (TPSA) is 24.7 Å². The van der Waals surface area contributed by atoms with Crippen LogP contribution in [0, 0.1) is 0 Å². The predicted molar refractivity (Wildman–Crippen MR) is 89.7 cm³/mol. The quantitative estimate of drug-likeness (QED) is 0.643. The van der Waals surface area contributed by atoms with Crippen LogP contribution in [0.5, 0.6) is 0 Å². The lowest BCUT2D eigenvalue weighted by Gasteiger charge is -1.99. The van der Waals surface area contributed by atoms with Crippen molar-refractivity contribution < 1.29 is 0 Å². The molecule has 2 nitrogen and oxygen atoms in total. The first-order valence-electron chi connectivity index (χ1n) is 6.54. The van der Waals surface area contributed by atoms with Gasteiger partial charge in [0.15, 0.2) is 0 Å². The first-order valence-corrected chi connectivity index (χ1v) is 8.69. The van der Waals surface area contributed by atoms with Crippen molar-refractivity contribution in [2.75, 3.05) is 0 Å². The van der Waals surface area contributed by atoms with E-state index in [4.69, 9.17) is 0 Å². The molecule has 0 spiro atoms. The standard InChI is InChI=1S/C16H12N2S2/c1-3-7-13-11(5-1)9-15(17-13)19-20-16-10-12-6-2-4-8-14(12)18-16/h1-8H,9-10H2. The van der Waals surface area contributed by atoms with Crippen LogP contribution >= 0.6 is 21.6 Å². The van der Waals surface area contributed by atoms with E-state index in [0.29, 0.717) is 0 Å². The average Bonchev–Trinajstić information content (AvgIpc) is 3.07. The highest BCUT2D eigenvalue weighted by atomic mass is 33.1. The fourth-order valence-corrected chi connectivity index (χ4v) is 4.45. The van der Waals surface area contributed by atoms with Crippen molar-refractivity contribution in [2.45, 2.75) is 12.8 Å². The number of para-hydroxylation sites is 2. The molecule has 0 unspecified atom stereocenters. The number of fused-ring (bicyclic) bond motifs is 2. The number of hydrogen-bond acceptors (Lipinski definition) is 4. The fraction of sp³-hybridized carbons (Fsp3) is 0.125. The lowest BCUT2D eigenvalue weighted by atomic mass is 10.2. The van der Waals surface area contributed by atoms with Crippen molar-refractivity contribution in [3.63, 3.8) is 0 Å². The summed E-state index contributed by atoms with van der Waals surface area (Å²) in [4.78, 5) is 9.33. The summed E-state index contributed by atoms with van der Waals surface area (Å²) in [5, 5.41) is 2.35.